The largest absolute Gasteiger partial charge is 0.480 e. The van der Waals surface area contributed by atoms with E-state index in [2.05, 4.69) is 15.9 Å². The van der Waals surface area contributed by atoms with Gasteiger partial charge in [0, 0.05) is 10.9 Å². The molecule has 116 valence electrons. The summed E-state index contributed by atoms with van der Waals surface area (Å²) >= 11 is 3.25. The van der Waals surface area contributed by atoms with E-state index in [0.29, 0.717) is 6.42 Å². The predicted molar refractivity (Wildman–Crippen MR) is 72.7 cm³/mol. The van der Waals surface area contributed by atoms with Gasteiger partial charge in [0.2, 0.25) is 5.91 Å². The molecule has 4 nitrogen and oxygen atoms in total. The van der Waals surface area contributed by atoms with Crippen molar-refractivity contribution in [2.45, 2.75) is 31.5 Å². The molecule has 0 saturated heterocycles. The number of nitrogens with one attached hydrogen (secondary N) is 1. The number of aryl methyl sites for hydroxylation is 1. The molecule has 8 heteroatoms. The van der Waals surface area contributed by atoms with Crippen LogP contribution in [0, 0.1) is 0 Å². The zero-order valence-corrected chi connectivity index (χ0v) is 12.4. The first-order valence-electron chi connectivity index (χ1n) is 6.01. The molecule has 2 N–H and O–H groups in total. The molecule has 0 bridgehead atoms. The Kier molecular flexibility index (Phi) is 6.19. The van der Waals surface area contributed by atoms with E-state index >= 15 is 0 Å². The number of carboxylic acid groups (broad SMARTS) is 1. The first-order valence-corrected chi connectivity index (χ1v) is 6.80. The molecule has 1 rings (SSSR count). The molecule has 0 aromatic heterocycles. The van der Waals surface area contributed by atoms with Gasteiger partial charge in [-0.25, -0.2) is 4.79 Å². The van der Waals surface area contributed by atoms with Crippen LogP contribution in [-0.2, 0) is 16.0 Å². The normalized spacial score (nSPS) is 12.8. The minimum Gasteiger partial charge on any atom is -0.480 e. The summed E-state index contributed by atoms with van der Waals surface area (Å²) in [7, 11) is 0. The molecule has 0 heterocycles. The molecule has 0 fully saturated rings. The van der Waals surface area contributed by atoms with Crippen LogP contribution in [0.3, 0.4) is 0 Å². The van der Waals surface area contributed by atoms with Crippen molar-refractivity contribution in [2.24, 2.45) is 0 Å². The summed E-state index contributed by atoms with van der Waals surface area (Å²) in [6.07, 6.45) is -6.00. The van der Waals surface area contributed by atoms with Gasteiger partial charge in [0.15, 0.2) is 0 Å². The van der Waals surface area contributed by atoms with Gasteiger partial charge in [-0.1, -0.05) is 28.1 Å². The molecular formula is C13H13BrF3NO3. The van der Waals surface area contributed by atoms with E-state index < -0.39 is 30.5 Å². The van der Waals surface area contributed by atoms with Gasteiger partial charge < -0.3 is 10.4 Å². The van der Waals surface area contributed by atoms with Crippen LogP contribution in [0.4, 0.5) is 13.2 Å². The fourth-order valence-electron chi connectivity index (χ4n) is 1.61. The highest BCUT2D eigenvalue weighted by molar-refractivity contribution is 9.10. The number of amides is 1. The van der Waals surface area contributed by atoms with Gasteiger partial charge >= 0.3 is 12.1 Å². The van der Waals surface area contributed by atoms with Gasteiger partial charge in [-0.15, -0.1) is 0 Å². The number of aliphatic carboxylic acids is 1. The number of halogens is 4. The molecule has 1 unspecified atom stereocenters. The van der Waals surface area contributed by atoms with Crippen LogP contribution in [0.1, 0.15) is 18.4 Å². The molecule has 0 saturated carbocycles. The first kappa shape index (κ1) is 17.5. The van der Waals surface area contributed by atoms with Gasteiger partial charge in [-0.3, -0.25) is 4.79 Å². The Balaban J connectivity index is 2.50. The van der Waals surface area contributed by atoms with Crippen LogP contribution in [0.15, 0.2) is 28.7 Å². The highest BCUT2D eigenvalue weighted by atomic mass is 79.9. The van der Waals surface area contributed by atoms with Crippen molar-refractivity contribution < 1.29 is 27.9 Å². The van der Waals surface area contributed by atoms with Crippen LogP contribution >= 0.6 is 15.9 Å². The highest BCUT2D eigenvalue weighted by Crippen LogP contribution is 2.21. The second-order valence-electron chi connectivity index (χ2n) is 4.40. The van der Waals surface area contributed by atoms with E-state index in [-0.39, 0.29) is 6.42 Å². The van der Waals surface area contributed by atoms with E-state index in [4.69, 9.17) is 5.11 Å². The Bertz CT molecular complexity index is 502. The van der Waals surface area contributed by atoms with E-state index in [1.165, 1.54) is 0 Å². The lowest BCUT2D eigenvalue weighted by Crippen LogP contribution is -2.43. The molecule has 21 heavy (non-hydrogen) atoms. The molecule has 0 aliphatic rings. The van der Waals surface area contributed by atoms with Crippen molar-refractivity contribution in [3.8, 4) is 0 Å². The van der Waals surface area contributed by atoms with Crippen molar-refractivity contribution in [3.63, 3.8) is 0 Å². The first-order chi connectivity index (χ1) is 9.67. The molecule has 0 aliphatic heterocycles. The second-order valence-corrected chi connectivity index (χ2v) is 5.32. The summed E-state index contributed by atoms with van der Waals surface area (Å²) in [5.41, 5.74) is 0.830. The number of rotatable bonds is 6. The van der Waals surface area contributed by atoms with Crippen molar-refractivity contribution in [1.29, 1.82) is 0 Å². The number of carbonyl (C=O) groups is 2. The van der Waals surface area contributed by atoms with E-state index in [1.807, 2.05) is 5.32 Å². The average molecular weight is 368 g/mol. The van der Waals surface area contributed by atoms with Gasteiger partial charge in [-0.2, -0.15) is 13.2 Å². The highest BCUT2D eigenvalue weighted by Gasteiger charge is 2.36. The summed E-state index contributed by atoms with van der Waals surface area (Å²) in [5.74, 6) is -2.43. The lowest BCUT2D eigenvalue weighted by molar-refractivity contribution is -0.160. The number of carbonyl (C=O) groups excluding carboxylic acids is 1. The van der Waals surface area contributed by atoms with Gasteiger partial charge in [0.1, 0.15) is 6.04 Å². The van der Waals surface area contributed by atoms with Gasteiger partial charge in [0.05, 0.1) is 6.42 Å². The maximum absolute atomic E-state index is 12.2. The average Bonchev–Trinajstić information content (AvgIpc) is 2.35. The third-order valence-corrected chi connectivity index (χ3v) is 3.15. The monoisotopic (exact) mass is 367 g/mol. The summed E-state index contributed by atoms with van der Waals surface area (Å²) in [6.45, 7) is 0. The molecule has 1 aromatic carbocycles. The number of carboxylic acids is 1. The van der Waals surface area contributed by atoms with Crippen LogP contribution in [0.5, 0.6) is 0 Å². The number of hydrogen-bond acceptors (Lipinski definition) is 2. The Morgan fingerprint density at radius 3 is 2.29 bits per heavy atom. The predicted octanol–water partition coefficient (Wildman–Crippen LogP) is 2.90. The molecule has 1 atom stereocenters. The van der Waals surface area contributed by atoms with Crippen LogP contribution in [-0.4, -0.2) is 29.2 Å². The Morgan fingerprint density at radius 1 is 1.24 bits per heavy atom. The maximum atomic E-state index is 12.2. The zero-order valence-electron chi connectivity index (χ0n) is 10.8. The standard InChI is InChI=1S/C13H13BrF3NO3/c14-9-4-1-8(2-5-9)3-6-11(19)18-10(12(20)21)7-13(15,16)17/h1-2,4-5,10H,3,6-7H2,(H,18,19)(H,20,21). The van der Waals surface area contributed by atoms with Crippen LogP contribution < -0.4 is 5.32 Å². The van der Waals surface area contributed by atoms with E-state index in [9.17, 15) is 22.8 Å². The molecule has 1 aromatic rings. The van der Waals surface area contributed by atoms with Crippen molar-refractivity contribution in [2.75, 3.05) is 0 Å². The van der Waals surface area contributed by atoms with E-state index in [1.54, 1.807) is 24.3 Å². The smallest absolute Gasteiger partial charge is 0.391 e. The Labute approximate surface area is 127 Å². The van der Waals surface area contributed by atoms with Gasteiger partial charge in [0.25, 0.3) is 0 Å². The minimum atomic E-state index is -4.65. The Morgan fingerprint density at radius 2 is 1.81 bits per heavy atom. The van der Waals surface area contributed by atoms with Crippen molar-refractivity contribution >= 4 is 27.8 Å². The molecular weight excluding hydrogens is 355 g/mol. The molecule has 1 amide bonds. The molecule has 0 spiro atoms. The molecule has 0 radical (unpaired) electrons. The lowest BCUT2D eigenvalue weighted by Gasteiger charge is -2.16. The lowest BCUT2D eigenvalue weighted by atomic mass is 10.1. The summed E-state index contributed by atoms with van der Waals surface area (Å²) in [4.78, 5) is 22.2. The fourth-order valence-corrected chi connectivity index (χ4v) is 1.87. The quantitative estimate of drug-likeness (QED) is 0.812. The van der Waals surface area contributed by atoms with Crippen molar-refractivity contribution in [1.82, 2.24) is 5.32 Å². The minimum absolute atomic E-state index is 0.0801. The maximum Gasteiger partial charge on any atom is 0.391 e. The fraction of sp³-hybridized carbons (Fsp3) is 0.385. The third-order valence-electron chi connectivity index (χ3n) is 2.62. The van der Waals surface area contributed by atoms with Crippen molar-refractivity contribution in [3.05, 3.63) is 34.3 Å². The number of alkyl halides is 3. The number of hydrogen-bond donors (Lipinski definition) is 2. The van der Waals surface area contributed by atoms with E-state index in [0.717, 1.165) is 10.0 Å². The number of benzene rings is 1. The summed E-state index contributed by atoms with van der Waals surface area (Å²) < 4.78 is 37.4. The zero-order chi connectivity index (χ0) is 16.0. The third kappa shape index (κ3) is 7.12. The van der Waals surface area contributed by atoms with Crippen LogP contribution in [0.25, 0.3) is 0 Å². The second kappa shape index (κ2) is 7.44. The summed E-state index contributed by atoms with van der Waals surface area (Å²) in [5, 5.41) is 10.6. The molecule has 0 aliphatic carbocycles. The van der Waals surface area contributed by atoms with Gasteiger partial charge in [-0.05, 0) is 24.1 Å². The van der Waals surface area contributed by atoms with Crippen LogP contribution in [0.2, 0.25) is 0 Å². The Hall–Kier alpha value is -1.57. The SMILES string of the molecule is O=C(CCc1ccc(Br)cc1)NC(CC(F)(F)F)C(=O)O. The topological polar surface area (TPSA) is 66.4 Å². The summed E-state index contributed by atoms with van der Waals surface area (Å²) in [6, 6.07) is 5.12.